The lowest BCUT2D eigenvalue weighted by atomic mass is 10.0. The number of nitrogens with one attached hydrogen (secondary N) is 2. The Bertz CT molecular complexity index is 790. The summed E-state index contributed by atoms with van der Waals surface area (Å²) in [5.41, 5.74) is 1.45. The SMILES string of the molecule is CCCNC(=O)CN(C)CC(=O)Nc1ccccc1C(=O)c1ccccc1. The second kappa shape index (κ2) is 10.2. The van der Waals surface area contributed by atoms with E-state index in [9.17, 15) is 14.4 Å². The number of amides is 2. The van der Waals surface area contributed by atoms with E-state index >= 15 is 0 Å². The highest BCUT2D eigenvalue weighted by molar-refractivity contribution is 6.13. The second-order valence-electron chi connectivity index (χ2n) is 6.31. The largest absolute Gasteiger partial charge is 0.355 e. The molecule has 0 radical (unpaired) electrons. The molecular weight excluding hydrogens is 342 g/mol. The normalized spacial score (nSPS) is 10.5. The van der Waals surface area contributed by atoms with Crippen molar-refractivity contribution in [2.45, 2.75) is 13.3 Å². The van der Waals surface area contributed by atoms with Crippen LogP contribution in [0.15, 0.2) is 54.6 Å². The van der Waals surface area contributed by atoms with Crippen LogP contribution < -0.4 is 10.6 Å². The third-order valence-corrected chi connectivity index (χ3v) is 3.88. The van der Waals surface area contributed by atoms with E-state index in [1.54, 1.807) is 60.5 Å². The first-order chi connectivity index (χ1) is 13.0. The summed E-state index contributed by atoms with van der Waals surface area (Å²) in [5.74, 6) is -0.556. The fourth-order valence-electron chi connectivity index (χ4n) is 2.59. The average Bonchev–Trinajstić information content (AvgIpc) is 2.66. The Hall–Kier alpha value is -2.99. The lowest BCUT2D eigenvalue weighted by molar-refractivity contribution is -0.122. The number of carbonyl (C=O) groups is 3. The lowest BCUT2D eigenvalue weighted by Gasteiger charge is -2.17. The molecule has 0 spiro atoms. The fourth-order valence-corrected chi connectivity index (χ4v) is 2.59. The molecule has 142 valence electrons. The summed E-state index contributed by atoms with van der Waals surface area (Å²) in [6.45, 7) is 2.78. The first-order valence-electron chi connectivity index (χ1n) is 8.95. The second-order valence-corrected chi connectivity index (χ2v) is 6.31. The quantitative estimate of drug-likeness (QED) is 0.667. The molecule has 0 saturated carbocycles. The molecule has 27 heavy (non-hydrogen) atoms. The van der Waals surface area contributed by atoms with Crippen molar-refractivity contribution in [3.05, 3.63) is 65.7 Å². The van der Waals surface area contributed by atoms with E-state index in [0.717, 1.165) is 6.42 Å². The van der Waals surface area contributed by atoms with Crippen LogP contribution in [0.2, 0.25) is 0 Å². The number of para-hydroxylation sites is 1. The van der Waals surface area contributed by atoms with E-state index in [1.165, 1.54) is 0 Å². The van der Waals surface area contributed by atoms with E-state index < -0.39 is 0 Å². The van der Waals surface area contributed by atoms with Gasteiger partial charge in [-0.1, -0.05) is 49.4 Å². The maximum Gasteiger partial charge on any atom is 0.238 e. The van der Waals surface area contributed by atoms with Crippen LogP contribution in [0, 0.1) is 0 Å². The van der Waals surface area contributed by atoms with Gasteiger partial charge in [0.25, 0.3) is 0 Å². The van der Waals surface area contributed by atoms with Crippen molar-refractivity contribution < 1.29 is 14.4 Å². The number of anilines is 1. The number of ketones is 1. The summed E-state index contributed by atoms with van der Waals surface area (Å²) >= 11 is 0. The van der Waals surface area contributed by atoms with E-state index in [-0.39, 0.29) is 30.7 Å². The number of nitrogens with zero attached hydrogens (tertiary/aromatic N) is 1. The Morgan fingerprint density at radius 2 is 1.52 bits per heavy atom. The van der Waals surface area contributed by atoms with Crippen molar-refractivity contribution in [2.24, 2.45) is 0 Å². The maximum absolute atomic E-state index is 12.7. The zero-order chi connectivity index (χ0) is 19.6. The smallest absolute Gasteiger partial charge is 0.238 e. The molecular formula is C21H25N3O3. The molecule has 0 aliphatic rings. The summed E-state index contributed by atoms with van der Waals surface area (Å²) in [7, 11) is 1.70. The molecule has 2 amide bonds. The van der Waals surface area contributed by atoms with Gasteiger partial charge < -0.3 is 10.6 Å². The number of rotatable bonds is 9. The molecule has 0 aliphatic heterocycles. The van der Waals surface area contributed by atoms with Gasteiger partial charge in [0.15, 0.2) is 5.78 Å². The monoisotopic (exact) mass is 367 g/mol. The minimum absolute atomic E-state index is 0.0490. The Kier molecular flexibility index (Phi) is 7.70. The Morgan fingerprint density at radius 1 is 0.889 bits per heavy atom. The molecule has 2 rings (SSSR count). The van der Waals surface area contributed by atoms with Gasteiger partial charge in [-0.2, -0.15) is 0 Å². The van der Waals surface area contributed by atoms with E-state index in [0.29, 0.717) is 23.4 Å². The molecule has 0 heterocycles. The van der Waals surface area contributed by atoms with Crippen LogP contribution in [0.5, 0.6) is 0 Å². The summed E-state index contributed by atoms with van der Waals surface area (Å²) in [4.78, 5) is 38.4. The minimum atomic E-state index is -0.283. The van der Waals surface area contributed by atoms with Crippen LogP contribution in [-0.2, 0) is 9.59 Å². The molecule has 6 heteroatoms. The van der Waals surface area contributed by atoms with Crippen LogP contribution in [0.1, 0.15) is 29.3 Å². The third kappa shape index (κ3) is 6.34. The molecule has 0 aromatic heterocycles. The minimum Gasteiger partial charge on any atom is -0.355 e. The Balaban J connectivity index is 2.00. The van der Waals surface area contributed by atoms with E-state index in [1.807, 2.05) is 13.0 Å². The Morgan fingerprint density at radius 3 is 2.22 bits per heavy atom. The first kappa shape index (κ1) is 20.3. The third-order valence-electron chi connectivity index (χ3n) is 3.88. The van der Waals surface area contributed by atoms with Crippen LogP contribution in [0.3, 0.4) is 0 Å². The molecule has 2 N–H and O–H groups in total. The zero-order valence-electron chi connectivity index (χ0n) is 15.7. The molecule has 0 saturated heterocycles. The molecule has 0 fully saturated rings. The van der Waals surface area contributed by atoms with Gasteiger partial charge in [-0.15, -0.1) is 0 Å². The molecule has 2 aromatic carbocycles. The molecule has 2 aromatic rings. The van der Waals surface area contributed by atoms with Gasteiger partial charge in [-0.3, -0.25) is 19.3 Å². The molecule has 0 unspecified atom stereocenters. The maximum atomic E-state index is 12.7. The number of benzene rings is 2. The van der Waals surface area contributed by atoms with Gasteiger partial charge in [0.2, 0.25) is 11.8 Å². The van der Waals surface area contributed by atoms with Gasteiger partial charge in [0, 0.05) is 17.7 Å². The van der Waals surface area contributed by atoms with Crippen molar-refractivity contribution in [2.75, 3.05) is 32.0 Å². The highest BCUT2D eigenvalue weighted by atomic mass is 16.2. The van der Waals surface area contributed by atoms with Crippen molar-refractivity contribution in [3.8, 4) is 0 Å². The Labute approximate surface area is 159 Å². The number of hydrogen-bond acceptors (Lipinski definition) is 4. The fraction of sp³-hybridized carbons (Fsp3) is 0.286. The standard InChI is InChI=1S/C21H25N3O3/c1-3-13-22-19(25)14-24(2)15-20(26)23-18-12-8-7-11-17(18)21(27)16-9-5-4-6-10-16/h4-12H,3,13-15H2,1-2H3,(H,22,25)(H,23,26). The topological polar surface area (TPSA) is 78.5 Å². The summed E-state index contributed by atoms with van der Waals surface area (Å²) in [6.07, 6.45) is 0.863. The van der Waals surface area contributed by atoms with Gasteiger partial charge >= 0.3 is 0 Å². The molecule has 0 aliphatic carbocycles. The van der Waals surface area contributed by atoms with Crippen LogP contribution >= 0.6 is 0 Å². The van der Waals surface area contributed by atoms with Crippen molar-refractivity contribution in [1.29, 1.82) is 0 Å². The van der Waals surface area contributed by atoms with E-state index in [2.05, 4.69) is 10.6 Å². The predicted molar refractivity (Wildman–Crippen MR) is 106 cm³/mol. The van der Waals surface area contributed by atoms with Crippen LogP contribution in [-0.4, -0.2) is 49.2 Å². The average molecular weight is 367 g/mol. The summed E-state index contributed by atoms with van der Waals surface area (Å²) < 4.78 is 0. The highest BCUT2D eigenvalue weighted by Crippen LogP contribution is 2.19. The zero-order valence-corrected chi connectivity index (χ0v) is 15.7. The van der Waals surface area contributed by atoms with Gasteiger partial charge in [0.05, 0.1) is 18.8 Å². The molecule has 6 nitrogen and oxygen atoms in total. The van der Waals surface area contributed by atoms with Crippen LogP contribution in [0.4, 0.5) is 5.69 Å². The van der Waals surface area contributed by atoms with Gasteiger partial charge in [-0.05, 0) is 25.6 Å². The van der Waals surface area contributed by atoms with E-state index in [4.69, 9.17) is 0 Å². The highest BCUT2D eigenvalue weighted by Gasteiger charge is 2.16. The van der Waals surface area contributed by atoms with Crippen molar-refractivity contribution >= 4 is 23.3 Å². The lowest BCUT2D eigenvalue weighted by Crippen LogP contribution is -2.39. The van der Waals surface area contributed by atoms with Crippen LogP contribution in [0.25, 0.3) is 0 Å². The molecule has 0 atom stereocenters. The van der Waals surface area contributed by atoms with Crippen molar-refractivity contribution in [1.82, 2.24) is 10.2 Å². The molecule has 0 bridgehead atoms. The number of carbonyl (C=O) groups excluding carboxylic acids is 3. The summed E-state index contributed by atoms with van der Waals surface area (Å²) in [6, 6.07) is 15.8. The van der Waals surface area contributed by atoms with Crippen molar-refractivity contribution in [3.63, 3.8) is 0 Å². The van der Waals surface area contributed by atoms with Gasteiger partial charge in [-0.25, -0.2) is 0 Å². The summed E-state index contributed by atoms with van der Waals surface area (Å²) in [5, 5.41) is 5.55. The number of likely N-dealkylation sites (N-methyl/N-ethyl adjacent to an activating group) is 1. The predicted octanol–water partition coefficient (Wildman–Crippen LogP) is 2.31. The first-order valence-corrected chi connectivity index (χ1v) is 8.95. The number of hydrogen-bond donors (Lipinski definition) is 2. The van der Waals surface area contributed by atoms with Gasteiger partial charge in [0.1, 0.15) is 0 Å².